The molecule has 1 N–H and O–H groups in total. The van der Waals surface area contributed by atoms with Crippen LogP contribution >= 0.6 is 0 Å². The standard InChI is InChI=1S/C22H25N3O3/c1-7-16-13(2)24-20(28-6)18(25-21(27)22(3,4)5)17(16)19(26)15-10-8-9-14(11-15)12-23/h8-11H,7H2,1-6H3,(H,25,27). The van der Waals surface area contributed by atoms with Crippen molar-refractivity contribution in [2.75, 3.05) is 12.4 Å². The smallest absolute Gasteiger partial charge is 0.238 e. The van der Waals surface area contributed by atoms with Crippen LogP contribution in [0.15, 0.2) is 24.3 Å². The molecule has 0 radical (unpaired) electrons. The second-order valence-corrected chi connectivity index (χ2v) is 7.51. The van der Waals surface area contributed by atoms with E-state index in [2.05, 4.69) is 10.3 Å². The fourth-order valence-electron chi connectivity index (χ4n) is 2.84. The third kappa shape index (κ3) is 4.20. The fourth-order valence-corrected chi connectivity index (χ4v) is 2.84. The Morgan fingerprint density at radius 2 is 1.96 bits per heavy atom. The Morgan fingerprint density at radius 1 is 1.29 bits per heavy atom. The lowest BCUT2D eigenvalue weighted by molar-refractivity contribution is -0.123. The highest BCUT2D eigenvalue weighted by molar-refractivity contribution is 6.16. The number of amides is 1. The van der Waals surface area contributed by atoms with Crippen molar-refractivity contribution in [3.63, 3.8) is 0 Å². The van der Waals surface area contributed by atoms with Crippen molar-refractivity contribution in [1.82, 2.24) is 4.98 Å². The molecule has 0 saturated carbocycles. The number of pyridine rings is 1. The number of anilines is 1. The zero-order chi connectivity index (χ0) is 21.1. The minimum atomic E-state index is -0.663. The average molecular weight is 379 g/mol. The van der Waals surface area contributed by atoms with Crippen molar-refractivity contribution in [3.8, 4) is 11.9 Å². The van der Waals surface area contributed by atoms with E-state index in [4.69, 9.17) is 10.00 Å². The summed E-state index contributed by atoms with van der Waals surface area (Å²) in [5.41, 5.74) is 2.10. The third-order valence-electron chi connectivity index (χ3n) is 4.42. The van der Waals surface area contributed by atoms with Crippen LogP contribution in [0.1, 0.15) is 60.4 Å². The number of aromatic nitrogens is 1. The molecule has 2 aromatic rings. The van der Waals surface area contributed by atoms with E-state index >= 15 is 0 Å². The molecular weight excluding hydrogens is 354 g/mol. The number of carbonyl (C=O) groups excluding carboxylic acids is 2. The first-order valence-electron chi connectivity index (χ1n) is 9.07. The number of benzene rings is 1. The number of ether oxygens (including phenoxy) is 1. The summed E-state index contributed by atoms with van der Waals surface area (Å²) in [5.74, 6) is -0.354. The Morgan fingerprint density at radius 3 is 2.50 bits per heavy atom. The number of aryl methyl sites for hydroxylation is 1. The van der Waals surface area contributed by atoms with Crippen LogP contribution in [0.4, 0.5) is 5.69 Å². The van der Waals surface area contributed by atoms with E-state index in [0.717, 1.165) is 5.56 Å². The summed E-state index contributed by atoms with van der Waals surface area (Å²) in [7, 11) is 1.45. The molecule has 0 atom stereocenters. The predicted molar refractivity (Wildman–Crippen MR) is 108 cm³/mol. The Bertz CT molecular complexity index is 966. The molecule has 2 rings (SSSR count). The van der Waals surface area contributed by atoms with Gasteiger partial charge in [-0.15, -0.1) is 0 Å². The summed E-state index contributed by atoms with van der Waals surface area (Å²) in [6, 6.07) is 8.54. The van der Waals surface area contributed by atoms with Gasteiger partial charge in [-0.1, -0.05) is 39.8 Å². The summed E-state index contributed by atoms with van der Waals surface area (Å²) in [6.07, 6.45) is 0.556. The monoisotopic (exact) mass is 379 g/mol. The van der Waals surface area contributed by atoms with E-state index in [1.54, 1.807) is 52.0 Å². The molecule has 0 unspecified atom stereocenters. The van der Waals surface area contributed by atoms with Gasteiger partial charge < -0.3 is 10.1 Å². The van der Waals surface area contributed by atoms with Crippen molar-refractivity contribution in [2.24, 2.45) is 5.41 Å². The fraction of sp³-hybridized carbons (Fsp3) is 0.364. The van der Waals surface area contributed by atoms with Gasteiger partial charge in [0.1, 0.15) is 5.69 Å². The molecule has 0 aliphatic rings. The minimum absolute atomic E-state index is 0.187. The molecule has 0 bridgehead atoms. The molecule has 0 spiro atoms. The minimum Gasteiger partial charge on any atom is -0.479 e. The number of carbonyl (C=O) groups is 2. The van der Waals surface area contributed by atoms with Crippen LogP contribution in [0, 0.1) is 23.7 Å². The Kier molecular flexibility index (Phi) is 6.19. The van der Waals surface area contributed by atoms with Crippen molar-refractivity contribution in [3.05, 3.63) is 52.2 Å². The Labute approximate surface area is 165 Å². The van der Waals surface area contributed by atoms with Crippen molar-refractivity contribution < 1.29 is 14.3 Å². The lowest BCUT2D eigenvalue weighted by Crippen LogP contribution is -2.29. The quantitative estimate of drug-likeness (QED) is 0.791. The number of hydrogen-bond acceptors (Lipinski definition) is 5. The van der Waals surface area contributed by atoms with Crippen LogP contribution in [-0.4, -0.2) is 23.8 Å². The van der Waals surface area contributed by atoms with Gasteiger partial charge in [-0.2, -0.15) is 5.26 Å². The molecule has 0 fully saturated rings. The first-order chi connectivity index (χ1) is 13.1. The molecule has 1 heterocycles. The van der Waals surface area contributed by atoms with Crippen LogP contribution in [0.5, 0.6) is 5.88 Å². The maximum absolute atomic E-state index is 13.4. The first-order valence-corrected chi connectivity index (χ1v) is 9.07. The number of methoxy groups -OCH3 is 1. The summed E-state index contributed by atoms with van der Waals surface area (Å²) in [5, 5.41) is 12.0. The molecule has 0 aliphatic heterocycles. The molecule has 28 heavy (non-hydrogen) atoms. The predicted octanol–water partition coefficient (Wildman–Crippen LogP) is 4.05. The number of ketones is 1. The number of nitrogens with zero attached hydrogens (tertiary/aromatic N) is 2. The number of nitriles is 1. The zero-order valence-corrected chi connectivity index (χ0v) is 17.1. The van der Waals surface area contributed by atoms with Crippen LogP contribution in [0.2, 0.25) is 0 Å². The van der Waals surface area contributed by atoms with Crippen molar-refractivity contribution >= 4 is 17.4 Å². The number of rotatable bonds is 5. The molecule has 1 aromatic heterocycles. The molecule has 0 aliphatic carbocycles. The van der Waals surface area contributed by atoms with Gasteiger partial charge in [0.05, 0.1) is 24.3 Å². The first kappa shape index (κ1) is 21.1. The maximum Gasteiger partial charge on any atom is 0.238 e. The molecule has 6 heteroatoms. The van der Waals surface area contributed by atoms with Crippen LogP contribution in [0.3, 0.4) is 0 Å². The normalized spacial score (nSPS) is 10.9. The van der Waals surface area contributed by atoms with Gasteiger partial charge >= 0.3 is 0 Å². The topological polar surface area (TPSA) is 92.1 Å². The SMILES string of the molecule is CCc1c(C)nc(OC)c(NC(=O)C(C)(C)C)c1C(=O)c1cccc(C#N)c1. The van der Waals surface area contributed by atoms with Gasteiger partial charge in [0.2, 0.25) is 11.8 Å². The van der Waals surface area contributed by atoms with E-state index in [9.17, 15) is 9.59 Å². The van der Waals surface area contributed by atoms with Gasteiger partial charge in [-0.25, -0.2) is 4.98 Å². The highest BCUT2D eigenvalue weighted by Crippen LogP contribution is 2.34. The van der Waals surface area contributed by atoms with E-state index in [1.807, 2.05) is 13.0 Å². The lowest BCUT2D eigenvalue weighted by atomic mass is 9.92. The van der Waals surface area contributed by atoms with Crippen molar-refractivity contribution in [2.45, 2.75) is 41.0 Å². The number of hydrogen-bond donors (Lipinski definition) is 1. The second-order valence-electron chi connectivity index (χ2n) is 7.51. The second kappa shape index (κ2) is 8.22. The van der Waals surface area contributed by atoms with E-state index in [-0.39, 0.29) is 23.3 Å². The van der Waals surface area contributed by atoms with Crippen molar-refractivity contribution in [1.29, 1.82) is 5.26 Å². The lowest BCUT2D eigenvalue weighted by Gasteiger charge is -2.22. The van der Waals surface area contributed by atoms with Crippen LogP contribution in [0.25, 0.3) is 0 Å². The zero-order valence-electron chi connectivity index (χ0n) is 17.1. The molecule has 1 aromatic carbocycles. The highest BCUT2D eigenvalue weighted by Gasteiger charge is 2.29. The third-order valence-corrected chi connectivity index (χ3v) is 4.42. The maximum atomic E-state index is 13.4. The van der Waals surface area contributed by atoms with E-state index in [0.29, 0.717) is 28.8 Å². The van der Waals surface area contributed by atoms with Gasteiger partial charge in [-0.3, -0.25) is 9.59 Å². The molecular formula is C22H25N3O3. The van der Waals surface area contributed by atoms with Crippen LogP contribution < -0.4 is 10.1 Å². The molecule has 1 amide bonds. The summed E-state index contributed by atoms with van der Waals surface area (Å²) in [4.78, 5) is 30.5. The summed E-state index contributed by atoms with van der Waals surface area (Å²) >= 11 is 0. The van der Waals surface area contributed by atoms with E-state index in [1.165, 1.54) is 7.11 Å². The highest BCUT2D eigenvalue weighted by atomic mass is 16.5. The van der Waals surface area contributed by atoms with Gasteiger partial charge in [-0.05, 0) is 31.0 Å². The Balaban J connectivity index is 2.75. The van der Waals surface area contributed by atoms with Gasteiger partial charge in [0.25, 0.3) is 0 Å². The van der Waals surface area contributed by atoms with Crippen LogP contribution in [-0.2, 0) is 11.2 Å². The summed E-state index contributed by atoms with van der Waals surface area (Å²) < 4.78 is 5.38. The average Bonchev–Trinajstić information content (AvgIpc) is 2.67. The van der Waals surface area contributed by atoms with Gasteiger partial charge in [0.15, 0.2) is 5.78 Å². The Hall–Kier alpha value is -3.20. The molecule has 6 nitrogen and oxygen atoms in total. The number of nitrogens with one attached hydrogen (secondary N) is 1. The van der Waals surface area contributed by atoms with E-state index < -0.39 is 5.41 Å². The molecule has 0 saturated heterocycles. The summed E-state index contributed by atoms with van der Waals surface area (Å²) in [6.45, 7) is 9.09. The molecule has 146 valence electrons. The largest absolute Gasteiger partial charge is 0.479 e. The van der Waals surface area contributed by atoms with Gasteiger partial charge in [0, 0.05) is 16.7 Å².